The van der Waals surface area contributed by atoms with Gasteiger partial charge in [0, 0.05) is 4.11 Å². The summed E-state index contributed by atoms with van der Waals surface area (Å²) in [5.74, 6) is 0. The molecule has 0 heterocycles. The van der Waals surface area contributed by atoms with Gasteiger partial charge < -0.3 is 34.2 Å². The van der Waals surface area contributed by atoms with Crippen molar-refractivity contribution in [2.45, 2.75) is 18.6 Å². The van der Waals surface area contributed by atoms with E-state index in [9.17, 15) is 24.6 Å². The molecule has 0 aromatic rings. The SMILES string of the molecule is [2H]C([2H])([2H])[C@](O)(CO)[C@H](O)COP(=O)([O-])[O-].[Na+].[Na+]. The Labute approximate surface area is 136 Å². The summed E-state index contributed by atoms with van der Waals surface area (Å²) < 4.78 is 34.2. The van der Waals surface area contributed by atoms with Gasteiger partial charge in [-0.3, -0.25) is 0 Å². The molecule has 0 unspecified atom stereocenters. The molecule has 0 amide bonds. The van der Waals surface area contributed by atoms with E-state index in [0.29, 0.717) is 0 Å². The van der Waals surface area contributed by atoms with Gasteiger partial charge in [-0.2, -0.15) is 0 Å². The van der Waals surface area contributed by atoms with Crippen molar-refractivity contribution in [3.63, 3.8) is 0 Å². The predicted octanol–water partition coefficient (Wildman–Crippen LogP) is -9.06. The number of phosphoric ester groups is 1. The van der Waals surface area contributed by atoms with Crippen LogP contribution in [0, 0.1) is 0 Å². The summed E-state index contributed by atoms with van der Waals surface area (Å²) in [4.78, 5) is 20.1. The van der Waals surface area contributed by atoms with Crippen LogP contribution in [-0.4, -0.2) is 40.2 Å². The number of rotatable bonds is 5. The molecule has 80 valence electrons. The summed E-state index contributed by atoms with van der Waals surface area (Å²) in [6.45, 7) is -5.77. The first kappa shape index (κ1) is 15.0. The number of aliphatic hydroxyl groups excluding tert-OH is 2. The third-order valence-electron chi connectivity index (χ3n) is 1.18. The maximum atomic E-state index is 10.1. The molecule has 10 heteroatoms. The molecule has 0 radical (unpaired) electrons. The molecule has 0 spiro atoms. The Hall–Kier alpha value is 1.99. The molecule has 3 N–H and O–H groups in total. The predicted molar refractivity (Wildman–Crippen MR) is 37.3 cm³/mol. The van der Waals surface area contributed by atoms with Crippen LogP contribution in [0.2, 0.25) is 0 Å². The van der Waals surface area contributed by atoms with Crippen molar-refractivity contribution in [3.05, 3.63) is 0 Å². The van der Waals surface area contributed by atoms with Crippen LogP contribution in [0.4, 0.5) is 0 Å². The Bertz CT molecular complexity index is 285. The van der Waals surface area contributed by atoms with Gasteiger partial charge in [0.25, 0.3) is 0 Å². The first-order valence-corrected chi connectivity index (χ1v) is 4.58. The molecule has 0 aliphatic heterocycles. The second-order valence-corrected chi connectivity index (χ2v) is 3.49. The molecule has 0 fully saturated rings. The van der Waals surface area contributed by atoms with E-state index in [2.05, 4.69) is 4.52 Å². The molecule has 7 nitrogen and oxygen atoms in total. The zero-order chi connectivity index (χ0) is 13.2. The van der Waals surface area contributed by atoms with E-state index < -0.39 is 39.6 Å². The minimum Gasteiger partial charge on any atom is -0.790 e. The summed E-state index contributed by atoms with van der Waals surface area (Å²) in [7, 11) is -5.39. The first-order valence-electron chi connectivity index (χ1n) is 4.62. The van der Waals surface area contributed by atoms with Crippen molar-refractivity contribution in [1.82, 2.24) is 0 Å². The fourth-order valence-corrected chi connectivity index (χ4v) is 0.729. The molecule has 0 aromatic heterocycles. The molecular weight excluding hydrogens is 249 g/mol. The summed E-state index contributed by atoms with van der Waals surface area (Å²) in [5.41, 5.74) is -2.96. The third kappa shape index (κ3) is 10.8. The smallest absolute Gasteiger partial charge is 0.790 e. The zero-order valence-corrected chi connectivity index (χ0v) is 13.3. The second kappa shape index (κ2) is 8.99. The summed E-state index contributed by atoms with van der Waals surface area (Å²) >= 11 is 0. The van der Waals surface area contributed by atoms with Crippen molar-refractivity contribution in [2.24, 2.45) is 0 Å². The van der Waals surface area contributed by atoms with Crippen LogP contribution in [0.25, 0.3) is 0 Å². The average molecular weight is 263 g/mol. The van der Waals surface area contributed by atoms with E-state index in [0.717, 1.165) is 0 Å². The second-order valence-electron chi connectivity index (χ2n) is 2.34. The quantitative estimate of drug-likeness (QED) is 0.331. The third-order valence-corrected chi connectivity index (χ3v) is 1.65. The minimum absolute atomic E-state index is 0. The van der Waals surface area contributed by atoms with Crippen molar-refractivity contribution in [2.75, 3.05) is 13.2 Å². The topological polar surface area (TPSA) is 133 Å². The van der Waals surface area contributed by atoms with E-state index in [1.54, 1.807) is 0 Å². The normalized spacial score (nSPS) is 20.7. The molecule has 2 atom stereocenters. The van der Waals surface area contributed by atoms with E-state index in [-0.39, 0.29) is 59.1 Å². The van der Waals surface area contributed by atoms with Crippen LogP contribution in [0.3, 0.4) is 0 Å². The Morgan fingerprint density at radius 1 is 1.60 bits per heavy atom. The molecule has 0 bridgehead atoms. The van der Waals surface area contributed by atoms with Crippen molar-refractivity contribution >= 4 is 7.82 Å². The Balaban J connectivity index is -0.00000112. The average Bonchev–Trinajstić information content (AvgIpc) is 2.09. The molecule has 0 saturated carbocycles. The Morgan fingerprint density at radius 3 is 2.33 bits per heavy atom. The van der Waals surface area contributed by atoms with Crippen LogP contribution in [-0.2, 0) is 9.09 Å². The van der Waals surface area contributed by atoms with E-state index in [1.807, 2.05) is 0 Å². The summed E-state index contributed by atoms with van der Waals surface area (Å²) in [5, 5.41) is 27.2. The molecular formula is C5H11Na2O7P. The summed E-state index contributed by atoms with van der Waals surface area (Å²) in [6.07, 6.45) is -2.25. The molecule has 0 aliphatic rings. The van der Waals surface area contributed by atoms with Crippen LogP contribution in [0.5, 0.6) is 0 Å². The van der Waals surface area contributed by atoms with Gasteiger partial charge in [0.1, 0.15) is 11.7 Å². The fraction of sp³-hybridized carbons (Fsp3) is 1.00. The van der Waals surface area contributed by atoms with E-state index >= 15 is 0 Å². The van der Waals surface area contributed by atoms with Crippen LogP contribution >= 0.6 is 7.82 Å². The standard InChI is InChI=1S/C5H13O7P.2Na/c1-5(8,3-6)4(7)2-12-13(9,10)11;;/h4,6-8H,2-3H2,1H3,(H2,9,10,11);;/q;2*+1/p-2/t4-,5+;;/m1../s1/i1D3;;. The van der Waals surface area contributed by atoms with Crippen LogP contribution < -0.4 is 68.9 Å². The first-order chi connectivity index (χ1) is 6.94. The number of aliphatic hydroxyl groups is 3. The Kier molecular flexibility index (Phi) is 9.02. The van der Waals surface area contributed by atoms with Crippen molar-refractivity contribution in [3.8, 4) is 0 Å². The van der Waals surface area contributed by atoms with E-state index in [4.69, 9.17) is 9.22 Å². The van der Waals surface area contributed by atoms with Gasteiger partial charge in [-0.1, -0.05) is 0 Å². The molecule has 15 heavy (non-hydrogen) atoms. The van der Waals surface area contributed by atoms with Gasteiger partial charge in [-0.15, -0.1) is 0 Å². The van der Waals surface area contributed by atoms with Crippen LogP contribution in [0.1, 0.15) is 11.0 Å². The van der Waals surface area contributed by atoms with Gasteiger partial charge in [0.05, 0.1) is 21.0 Å². The number of phosphoric acid groups is 1. The van der Waals surface area contributed by atoms with E-state index in [1.165, 1.54) is 0 Å². The van der Waals surface area contributed by atoms with Gasteiger partial charge in [-0.25, -0.2) is 0 Å². The van der Waals surface area contributed by atoms with Gasteiger partial charge in [-0.05, 0) is 6.85 Å². The molecule has 0 aromatic carbocycles. The maximum absolute atomic E-state index is 10.1. The molecule has 0 aliphatic carbocycles. The largest absolute Gasteiger partial charge is 1.00 e. The van der Waals surface area contributed by atoms with Gasteiger partial charge in [0.2, 0.25) is 0 Å². The number of hydrogen-bond donors (Lipinski definition) is 3. The monoisotopic (exact) mass is 263 g/mol. The molecule has 0 rings (SSSR count). The maximum Gasteiger partial charge on any atom is 1.00 e. The molecule has 0 saturated heterocycles. The van der Waals surface area contributed by atoms with Crippen LogP contribution in [0.15, 0.2) is 0 Å². The van der Waals surface area contributed by atoms with Gasteiger partial charge in [0.15, 0.2) is 0 Å². The van der Waals surface area contributed by atoms with Crippen molar-refractivity contribution < 1.29 is 97.4 Å². The summed E-state index contributed by atoms with van der Waals surface area (Å²) in [6, 6.07) is 0. The number of hydrogen-bond acceptors (Lipinski definition) is 7. The Morgan fingerprint density at radius 2 is 2.07 bits per heavy atom. The zero-order valence-electron chi connectivity index (χ0n) is 11.4. The van der Waals surface area contributed by atoms with Gasteiger partial charge >= 0.3 is 59.1 Å². The minimum atomic E-state index is -5.39. The fourth-order valence-electron chi connectivity index (χ4n) is 0.405. The van der Waals surface area contributed by atoms with Crippen molar-refractivity contribution in [1.29, 1.82) is 0 Å².